The van der Waals surface area contributed by atoms with Crippen molar-refractivity contribution in [1.29, 1.82) is 0 Å². The van der Waals surface area contributed by atoms with E-state index in [0.717, 1.165) is 18.8 Å². The van der Waals surface area contributed by atoms with Gasteiger partial charge in [0.05, 0.1) is 31.7 Å². The van der Waals surface area contributed by atoms with E-state index in [4.69, 9.17) is 18.9 Å². The summed E-state index contributed by atoms with van der Waals surface area (Å²) in [5.74, 6) is 2.74. The van der Waals surface area contributed by atoms with Gasteiger partial charge in [-0.05, 0) is 48.9 Å². The van der Waals surface area contributed by atoms with Gasteiger partial charge in [-0.2, -0.15) is 0 Å². The minimum Gasteiger partial charge on any atom is -0.497 e. The van der Waals surface area contributed by atoms with Gasteiger partial charge >= 0.3 is 0 Å². The molecule has 1 saturated heterocycles. The molecular weight excluding hydrogens is 476 g/mol. The second-order valence-electron chi connectivity index (χ2n) is 8.63. The van der Waals surface area contributed by atoms with E-state index in [1.807, 2.05) is 17.0 Å². The molecule has 3 aromatic rings. The van der Waals surface area contributed by atoms with Crippen LogP contribution in [-0.2, 0) is 0 Å². The molecule has 37 heavy (non-hydrogen) atoms. The Labute approximate surface area is 214 Å². The van der Waals surface area contributed by atoms with Crippen molar-refractivity contribution in [3.63, 3.8) is 0 Å². The van der Waals surface area contributed by atoms with Gasteiger partial charge in [-0.3, -0.25) is 9.59 Å². The molecule has 0 radical (unpaired) electrons. The summed E-state index contributed by atoms with van der Waals surface area (Å²) in [5.41, 5.74) is 1.55. The van der Waals surface area contributed by atoms with Crippen LogP contribution >= 0.6 is 0 Å². The molecule has 10 nitrogen and oxygen atoms in total. The molecule has 1 aromatic heterocycles. The van der Waals surface area contributed by atoms with Crippen LogP contribution in [0.3, 0.4) is 0 Å². The number of ether oxygens (including phenoxy) is 4. The molecule has 2 aliphatic rings. The normalized spacial score (nSPS) is 14.6. The molecule has 5 rings (SSSR count). The Morgan fingerprint density at radius 2 is 1.78 bits per heavy atom. The van der Waals surface area contributed by atoms with E-state index in [1.165, 1.54) is 7.11 Å². The summed E-state index contributed by atoms with van der Waals surface area (Å²) < 4.78 is 21.3. The smallest absolute Gasteiger partial charge is 0.259 e. The van der Waals surface area contributed by atoms with Crippen LogP contribution in [0.4, 0.5) is 11.5 Å². The standard InChI is InChI=1S/C27H28N4O6/c1-34-20-6-7-21(23(15-20)35-2)26(32)29-19-5-9-25(28-16-19)30-10-3-11-31(13-12-30)27(33)18-4-8-22-24(14-18)37-17-36-22/h4-9,14-16H,3,10-13,17H2,1-2H3,(H,29,32). The van der Waals surface area contributed by atoms with Gasteiger partial charge in [0.15, 0.2) is 11.5 Å². The number of rotatable bonds is 6. The van der Waals surface area contributed by atoms with E-state index in [-0.39, 0.29) is 18.6 Å². The number of anilines is 2. The molecule has 0 saturated carbocycles. The van der Waals surface area contributed by atoms with Gasteiger partial charge in [0.2, 0.25) is 6.79 Å². The number of hydrogen-bond donors (Lipinski definition) is 1. The number of aromatic nitrogens is 1. The summed E-state index contributed by atoms with van der Waals surface area (Å²) in [6.45, 7) is 2.83. The fourth-order valence-corrected chi connectivity index (χ4v) is 4.39. The average Bonchev–Trinajstić information content (AvgIpc) is 3.27. The first-order valence-corrected chi connectivity index (χ1v) is 12.0. The highest BCUT2D eigenvalue weighted by Gasteiger charge is 2.23. The lowest BCUT2D eigenvalue weighted by Crippen LogP contribution is -2.35. The lowest BCUT2D eigenvalue weighted by atomic mass is 10.1. The SMILES string of the molecule is COc1ccc(C(=O)Nc2ccc(N3CCCN(C(=O)c4ccc5c(c4)OCO5)CC3)nc2)c(OC)c1. The summed E-state index contributed by atoms with van der Waals surface area (Å²) in [4.78, 5) is 34.4. The largest absolute Gasteiger partial charge is 0.497 e. The first-order chi connectivity index (χ1) is 18.1. The van der Waals surface area contributed by atoms with E-state index in [1.54, 1.807) is 49.7 Å². The highest BCUT2D eigenvalue weighted by atomic mass is 16.7. The zero-order chi connectivity index (χ0) is 25.8. The molecule has 0 spiro atoms. The van der Waals surface area contributed by atoms with E-state index in [0.29, 0.717) is 59.4 Å². The minimum absolute atomic E-state index is 0.0277. The van der Waals surface area contributed by atoms with Crippen molar-refractivity contribution in [1.82, 2.24) is 9.88 Å². The van der Waals surface area contributed by atoms with Crippen molar-refractivity contribution in [3.8, 4) is 23.0 Å². The third-order valence-corrected chi connectivity index (χ3v) is 6.39. The van der Waals surface area contributed by atoms with E-state index < -0.39 is 0 Å². The van der Waals surface area contributed by atoms with Gasteiger partial charge in [-0.15, -0.1) is 0 Å². The summed E-state index contributed by atoms with van der Waals surface area (Å²) in [6.07, 6.45) is 2.44. The molecule has 1 N–H and O–H groups in total. The topological polar surface area (TPSA) is 102 Å². The number of carbonyl (C=O) groups is 2. The van der Waals surface area contributed by atoms with Gasteiger partial charge in [0.1, 0.15) is 17.3 Å². The molecule has 2 aliphatic heterocycles. The van der Waals surface area contributed by atoms with Crippen LogP contribution in [0, 0.1) is 0 Å². The zero-order valence-electron chi connectivity index (χ0n) is 20.7. The Balaban J connectivity index is 1.20. The molecule has 0 unspecified atom stereocenters. The Kier molecular flexibility index (Phi) is 6.98. The number of methoxy groups -OCH3 is 2. The summed E-state index contributed by atoms with van der Waals surface area (Å²) in [6, 6.07) is 14.0. The van der Waals surface area contributed by atoms with Crippen molar-refractivity contribution in [2.24, 2.45) is 0 Å². The van der Waals surface area contributed by atoms with Crippen LogP contribution in [0.1, 0.15) is 27.1 Å². The third kappa shape index (κ3) is 5.23. The fraction of sp³-hybridized carbons (Fsp3) is 0.296. The van der Waals surface area contributed by atoms with Crippen LogP contribution in [0.15, 0.2) is 54.7 Å². The lowest BCUT2D eigenvalue weighted by molar-refractivity contribution is 0.0766. The maximum Gasteiger partial charge on any atom is 0.259 e. The quantitative estimate of drug-likeness (QED) is 0.545. The number of amides is 2. The van der Waals surface area contributed by atoms with Gasteiger partial charge < -0.3 is 34.1 Å². The predicted octanol–water partition coefficient (Wildman–Crippen LogP) is 3.43. The van der Waals surface area contributed by atoms with Gasteiger partial charge in [-0.1, -0.05) is 0 Å². The minimum atomic E-state index is -0.304. The van der Waals surface area contributed by atoms with Crippen molar-refractivity contribution >= 4 is 23.3 Å². The molecule has 192 valence electrons. The second-order valence-corrected chi connectivity index (χ2v) is 8.63. The Bertz CT molecular complexity index is 1300. The highest BCUT2D eigenvalue weighted by molar-refractivity contribution is 6.06. The summed E-state index contributed by atoms with van der Waals surface area (Å²) in [7, 11) is 3.06. The number of fused-ring (bicyclic) bond motifs is 1. The van der Waals surface area contributed by atoms with Gasteiger partial charge in [0.25, 0.3) is 11.8 Å². The molecule has 3 heterocycles. The van der Waals surface area contributed by atoms with Crippen LogP contribution < -0.4 is 29.2 Å². The molecule has 1 fully saturated rings. The highest BCUT2D eigenvalue weighted by Crippen LogP contribution is 2.33. The summed E-state index contributed by atoms with van der Waals surface area (Å²) >= 11 is 0. The molecule has 10 heteroatoms. The first-order valence-electron chi connectivity index (χ1n) is 12.0. The van der Waals surface area contributed by atoms with Gasteiger partial charge in [0, 0.05) is 37.8 Å². The van der Waals surface area contributed by atoms with Crippen molar-refractivity contribution in [2.45, 2.75) is 6.42 Å². The molecule has 2 aromatic carbocycles. The first kappa shape index (κ1) is 24.2. The number of benzene rings is 2. The van der Waals surface area contributed by atoms with Crippen LogP contribution in [0.25, 0.3) is 0 Å². The Hall–Kier alpha value is -4.47. The van der Waals surface area contributed by atoms with E-state index in [2.05, 4.69) is 15.2 Å². The molecule has 0 aliphatic carbocycles. The van der Waals surface area contributed by atoms with Gasteiger partial charge in [-0.25, -0.2) is 4.98 Å². The molecular formula is C27H28N4O6. The predicted molar refractivity (Wildman–Crippen MR) is 137 cm³/mol. The van der Waals surface area contributed by atoms with Crippen LogP contribution in [0.2, 0.25) is 0 Å². The van der Waals surface area contributed by atoms with Crippen molar-refractivity contribution < 1.29 is 28.5 Å². The zero-order valence-corrected chi connectivity index (χ0v) is 20.7. The molecule has 0 atom stereocenters. The van der Waals surface area contributed by atoms with E-state index in [9.17, 15) is 9.59 Å². The number of pyridine rings is 1. The Morgan fingerprint density at radius 1 is 0.919 bits per heavy atom. The van der Waals surface area contributed by atoms with Crippen LogP contribution in [-0.4, -0.2) is 68.9 Å². The van der Waals surface area contributed by atoms with Crippen LogP contribution in [0.5, 0.6) is 23.0 Å². The Morgan fingerprint density at radius 3 is 2.57 bits per heavy atom. The molecule has 0 bridgehead atoms. The number of hydrogen-bond acceptors (Lipinski definition) is 8. The third-order valence-electron chi connectivity index (χ3n) is 6.39. The second kappa shape index (κ2) is 10.7. The molecule has 2 amide bonds. The maximum atomic E-state index is 13.1. The number of nitrogens with zero attached hydrogens (tertiary/aromatic N) is 3. The maximum absolute atomic E-state index is 13.1. The van der Waals surface area contributed by atoms with E-state index >= 15 is 0 Å². The number of nitrogens with one attached hydrogen (secondary N) is 1. The fourth-order valence-electron chi connectivity index (χ4n) is 4.39. The monoisotopic (exact) mass is 504 g/mol. The lowest BCUT2D eigenvalue weighted by Gasteiger charge is -2.23. The van der Waals surface area contributed by atoms with Crippen molar-refractivity contribution in [3.05, 3.63) is 65.9 Å². The summed E-state index contributed by atoms with van der Waals surface area (Å²) in [5, 5.41) is 2.86. The number of carbonyl (C=O) groups excluding carboxylic acids is 2. The van der Waals surface area contributed by atoms with Crippen molar-refractivity contribution in [2.75, 3.05) is 57.4 Å². The average molecular weight is 505 g/mol.